The lowest BCUT2D eigenvalue weighted by molar-refractivity contribution is 0.406. The molecule has 0 radical (unpaired) electrons. The van der Waals surface area contributed by atoms with Crippen molar-refractivity contribution in [1.29, 1.82) is 0 Å². The summed E-state index contributed by atoms with van der Waals surface area (Å²) in [5.41, 5.74) is 1.26. The minimum Gasteiger partial charge on any atom is -0.356 e. The van der Waals surface area contributed by atoms with Gasteiger partial charge >= 0.3 is 0 Å². The molecular weight excluding hydrogens is 344 g/mol. The van der Waals surface area contributed by atoms with Crippen LogP contribution in [0.2, 0.25) is 0 Å². The largest absolute Gasteiger partial charge is 0.356 e. The molecule has 0 aromatic carbocycles. The van der Waals surface area contributed by atoms with Crippen molar-refractivity contribution in [1.82, 2.24) is 4.98 Å². The van der Waals surface area contributed by atoms with Gasteiger partial charge in [0.25, 0.3) is 0 Å². The summed E-state index contributed by atoms with van der Waals surface area (Å²) in [6.45, 7) is 4.44. The number of hydrogen-bond acceptors (Lipinski definition) is 2. The number of alkyl halides is 1. The molecule has 1 fully saturated rings. The van der Waals surface area contributed by atoms with E-state index in [1.807, 2.05) is 6.20 Å². The molecule has 0 spiro atoms. The molecule has 2 heterocycles. The van der Waals surface area contributed by atoms with Crippen molar-refractivity contribution in [2.45, 2.75) is 26.2 Å². The van der Waals surface area contributed by atoms with Crippen molar-refractivity contribution in [3.05, 3.63) is 22.3 Å². The number of piperidine rings is 1. The summed E-state index contributed by atoms with van der Waals surface area (Å²) in [7, 11) is 0. The van der Waals surface area contributed by atoms with E-state index in [1.165, 1.54) is 24.8 Å². The number of pyridine rings is 1. The van der Waals surface area contributed by atoms with Crippen molar-refractivity contribution in [3.63, 3.8) is 0 Å². The number of hydrogen-bond donors (Lipinski definition) is 0. The first kappa shape index (κ1) is 13.3. The highest BCUT2D eigenvalue weighted by atomic mass is 79.9. The Kier molecular flexibility index (Phi) is 4.86. The minimum atomic E-state index is 0.813. The van der Waals surface area contributed by atoms with Crippen LogP contribution in [0.25, 0.3) is 0 Å². The summed E-state index contributed by atoms with van der Waals surface area (Å²) in [5, 5.41) is 1.11. The summed E-state index contributed by atoms with van der Waals surface area (Å²) in [4.78, 5) is 7.01. The van der Waals surface area contributed by atoms with Crippen LogP contribution in [0.15, 0.2) is 16.7 Å². The van der Waals surface area contributed by atoms with Crippen LogP contribution in [0.3, 0.4) is 0 Å². The van der Waals surface area contributed by atoms with Crippen LogP contribution >= 0.6 is 31.9 Å². The number of aromatic nitrogens is 1. The van der Waals surface area contributed by atoms with Crippen molar-refractivity contribution in [3.8, 4) is 0 Å². The second kappa shape index (κ2) is 6.19. The number of nitrogens with zero attached hydrogens (tertiary/aromatic N) is 2. The van der Waals surface area contributed by atoms with Gasteiger partial charge in [0.1, 0.15) is 5.82 Å². The van der Waals surface area contributed by atoms with E-state index in [-0.39, 0.29) is 0 Å². The predicted molar refractivity (Wildman–Crippen MR) is 80.0 cm³/mol. The molecule has 1 atom stereocenters. The van der Waals surface area contributed by atoms with Gasteiger partial charge in [-0.3, -0.25) is 0 Å². The first-order chi connectivity index (χ1) is 8.20. The zero-order chi connectivity index (χ0) is 12.3. The Balaban J connectivity index is 2.10. The summed E-state index contributed by atoms with van der Waals surface area (Å²) >= 11 is 7.01. The van der Waals surface area contributed by atoms with Gasteiger partial charge in [-0.2, -0.15) is 0 Å². The molecule has 0 bridgehead atoms. The Morgan fingerprint density at radius 1 is 1.53 bits per heavy atom. The van der Waals surface area contributed by atoms with Crippen LogP contribution in [0.5, 0.6) is 0 Å². The topological polar surface area (TPSA) is 16.1 Å². The van der Waals surface area contributed by atoms with Crippen molar-refractivity contribution in [2.24, 2.45) is 5.92 Å². The fourth-order valence-electron chi connectivity index (χ4n) is 2.51. The molecule has 1 aliphatic rings. The van der Waals surface area contributed by atoms with Crippen molar-refractivity contribution >= 4 is 37.7 Å². The SMILES string of the molecule is Cc1cc(Br)cnc1N1CCCC(CCBr)C1. The first-order valence-corrected chi connectivity index (χ1v) is 8.05. The standard InChI is InChI=1S/C13H18Br2N2/c1-10-7-12(15)8-16-13(10)17-6-2-3-11(9-17)4-5-14/h7-8,11H,2-6,9H2,1H3. The molecule has 2 rings (SSSR count). The fourth-order valence-corrected chi connectivity index (χ4v) is 3.60. The first-order valence-electron chi connectivity index (χ1n) is 6.13. The molecular formula is C13H18Br2N2. The summed E-state index contributed by atoms with van der Waals surface area (Å²) in [6, 6.07) is 2.15. The van der Waals surface area contributed by atoms with E-state index < -0.39 is 0 Å². The lowest BCUT2D eigenvalue weighted by atomic mass is 9.95. The number of aryl methyl sites for hydroxylation is 1. The average Bonchev–Trinajstić information content (AvgIpc) is 2.29. The zero-order valence-electron chi connectivity index (χ0n) is 10.1. The van der Waals surface area contributed by atoms with Gasteiger partial charge in [-0.05, 0) is 59.7 Å². The van der Waals surface area contributed by atoms with Gasteiger partial charge in [0.2, 0.25) is 0 Å². The fraction of sp³-hybridized carbons (Fsp3) is 0.615. The van der Waals surface area contributed by atoms with E-state index in [4.69, 9.17) is 0 Å². The Bertz CT molecular complexity index is 380. The lowest BCUT2D eigenvalue weighted by Gasteiger charge is -2.34. The molecule has 0 amide bonds. The van der Waals surface area contributed by atoms with Gasteiger partial charge in [0.05, 0.1) is 0 Å². The molecule has 94 valence electrons. The molecule has 1 aliphatic heterocycles. The molecule has 0 N–H and O–H groups in total. The molecule has 1 aromatic heterocycles. The van der Waals surface area contributed by atoms with Gasteiger partial charge in [0.15, 0.2) is 0 Å². The number of rotatable bonds is 3. The molecule has 0 saturated carbocycles. The van der Waals surface area contributed by atoms with Crippen LogP contribution in [-0.4, -0.2) is 23.4 Å². The van der Waals surface area contributed by atoms with Gasteiger partial charge in [-0.15, -0.1) is 0 Å². The molecule has 1 unspecified atom stereocenters. The maximum absolute atomic E-state index is 4.56. The van der Waals surface area contributed by atoms with Gasteiger partial charge in [-0.1, -0.05) is 15.9 Å². The van der Waals surface area contributed by atoms with Gasteiger partial charge < -0.3 is 4.90 Å². The normalized spacial score (nSPS) is 20.6. The Hall–Kier alpha value is -0.0900. The third-order valence-corrected chi connectivity index (χ3v) is 4.24. The zero-order valence-corrected chi connectivity index (χ0v) is 13.3. The maximum Gasteiger partial charge on any atom is 0.131 e. The third-order valence-electron chi connectivity index (χ3n) is 3.35. The monoisotopic (exact) mass is 360 g/mol. The van der Waals surface area contributed by atoms with E-state index in [1.54, 1.807) is 0 Å². The van der Waals surface area contributed by atoms with Crippen LogP contribution < -0.4 is 4.90 Å². The quantitative estimate of drug-likeness (QED) is 0.751. The Labute approximate surface area is 120 Å². The van der Waals surface area contributed by atoms with E-state index in [0.29, 0.717) is 0 Å². The molecule has 1 aromatic rings. The smallest absolute Gasteiger partial charge is 0.131 e. The molecule has 4 heteroatoms. The van der Waals surface area contributed by atoms with E-state index >= 15 is 0 Å². The Morgan fingerprint density at radius 2 is 2.35 bits per heavy atom. The van der Waals surface area contributed by atoms with Crippen molar-refractivity contribution < 1.29 is 0 Å². The van der Waals surface area contributed by atoms with Crippen molar-refractivity contribution in [2.75, 3.05) is 23.3 Å². The highest BCUT2D eigenvalue weighted by Crippen LogP contribution is 2.27. The lowest BCUT2D eigenvalue weighted by Crippen LogP contribution is -2.36. The molecule has 1 saturated heterocycles. The Morgan fingerprint density at radius 3 is 3.06 bits per heavy atom. The maximum atomic E-state index is 4.56. The van der Waals surface area contributed by atoms with Crippen LogP contribution in [0.1, 0.15) is 24.8 Å². The molecule has 0 aliphatic carbocycles. The second-order valence-electron chi connectivity index (χ2n) is 4.73. The molecule has 2 nitrogen and oxygen atoms in total. The van der Waals surface area contributed by atoms with Crippen LogP contribution in [-0.2, 0) is 0 Å². The third kappa shape index (κ3) is 3.44. The number of halogens is 2. The van der Waals surface area contributed by atoms with E-state index in [9.17, 15) is 0 Å². The summed E-state index contributed by atoms with van der Waals surface area (Å²) in [5.74, 6) is 1.97. The molecule has 17 heavy (non-hydrogen) atoms. The highest BCUT2D eigenvalue weighted by Gasteiger charge is 2.21. The van der Waals surface area contributed by atoms with Crippen LogP contribution in [0.4, 0.5) is 5.82 Å². The van der Waals surface area contributed by atoms with Crippen LogP contribution in [0, 0.1) is 12.8 Å². The predicted octanol–water partition coefficient (Wildman–Crippen LogP) is 4.15. The minimum absolute atomic E-state index is 0.813. The van der Waals surface area contributed by atoms with Gasteiger partial charge in [0, 0.05) is 29.1 Å². The second-order valence-corrected chi connectivity index (χ2v) is 6.43. The summed E-state index contributed by atoms with van der Waals surface area (Å²) in [6.07, 6.45) is 5.81. The average molecular weight is 362 g/mol. The van der Waals surface area contributed by atoms with E-state index in [2.05, 4.69) is 54.7 Å². The highest BCUT2D eigenvalue weighted by molar-refractivity contribution is 9.10. The van der Waals surface area contributed by atoms with Gasteiger partial charge in [-0.25, -0.2) is 4.98 Å². The van der Waals surface area contributed by atoms with E-state index in [0.717, 1.165) is 34.6 Å². The number of anilines is 1. The summed E-state index contributed by atoms with van der Waals surface area (Å²) < 4.78 is 1.06.